The molecule has 2 nitrogen and oxygen atoms in total. The number of hydrogen-bond acceptors (Lipinski definition) is 2. The highest BCUT2D eigenvalue weighted by atomic mass is 16.3. The molecule has 0 aromatic heterocycles. The summed E-state index contributed by atoms with van der Waals surface area (Å²) < 4.78 is 0. The number of allylic oxidation sites excluding steroid dienone is 2. The predicted octanol–water partition coefficient (Wildman–Crippen LogP) is 4.94. The summed E-state index contributed by atoms with van der Waals surface area (Å²) in [7, 11) is 0. The van der Waals surface area contributed by atoms with Crippen molar-refractivity contribution in [2.24, 2.45) is 15.8 Å². The monoisotopic (exact) mass is 291 g/mol. The molecule has 1 rings (SSSR count). The Bertz CT molecular complexity index is 467. The zero-order valence-electron chi connectivity index (χ0n) is 15.2. The number of hydrogen-bond donors (Lipinski definition) is 1. The largest absolute Gasteiger partial charge is 0.382 e. The van der Waals surface area contributed by atoms with Gasteiger partial charge in [0, 0.05) is 6.54 Å². The summed E-state index contributed by atoms with van der Waals surface area (Å²) in [5.74, 6) is 0. The van der Waals surface area contributed by atoms with Gasteiger partial charge in [-0.3, -0.25) is 4.99 Å². The summed E-state index contributed by atoms with van der Waals surface area (Å²) in [5, 5.41) is 10.8. The topological polar surface area (TPSA) is 32.6 Å². The van der Waals surface area contributed by atoms with Gasteiger partial charge in [-0.25, -0.2) is 0 Å². The number of rotatable bonds is 3. The SMILES string of the molecule is CCCCN=C1C(C)=C(C(C)(C)C)C=C(C(C)(C)C)C1O. The first-order valence-corrected chi connectivity index (χ1v) is 8.16. The van der Waals surface area contributed by atoms with Crippen LogP contribution in [0.2, 0.25) is 0 Å². The summed E-state index contributed by atoms with van der Waals surface area (Å²) in [5.41, 5.74) is 4.41. The Balaban J connectivity index is 3.38. The fourth-order valence-electron chi connectivity index (χ4n) is 2.80. The van der Waals surface area contributed by atoms with E-state index in [1.165, 1.54) is 5.57 Å². The Labute approximate surface area is 131 Å². The van der Waals surface area contributed by atoms with Crippen molar-refractivity contribution in [2.75, 3.05) is 6.54 Å². The average molecular weight is 291 g/mol. The first-order valence-electron chi connectivity index (χ1n) is 8.16. The standard InChI is InChI=1S/C19H33NO/c1-9-10-11-20-16-13(2)14(18(3,4)5)12-15(17(16)21)19(6,7)8/h12,17,21H,9-11H2,1-8H3. The third-order valence-corrected chi connectivity index (χ3v) is 4.11. The van der Waals surface area contributed by atoms with Gasteiger partial charge in [-0.05, 0) is 40.9 Å². The molecule has 1 atom stereocenters. The number of unbranched alkanes of at least 4 members (excludes halogenated alkanes) is 1. The van der Waals surface area contributed by atoms with Crippen LogP contribution in [-0.2, 0) is 0 Å². The van der Waals surface area contributed by atoms with Crippen molar-refractivity contribution in [1.82, 2.24) is 0 Å². The molecular weight excluding hydrogens is 258 g/mol. The minimum absolute atomic E-state index is 0.0534. The lowest BCUT2D eigenvalue weighted by Crippen LogP contribution is -2.35. The lowest BCUT2D eigenvalue weighted by molar-refractivity contribution is 0.243. The van der Waals surface area contributed by atoms with Crippen LogP contribution in [0.1, 0.15) is 68.2 Å². The summed E-state index contributed by atoms with van der Waals surface area (Å²) in [6.45, 7) is 18.2. The molecule has 0 bridgehead atoms. The molecule has 0 aliphatic heterocycles. The highest BCUT2D eigenvalue weighted by Crippen LogP contribution is 2.40. The van der Waals surface area contributed by atoms with Gasteiger partial charge >= 0.3 is 0 Å². The second kappa shape index (κ2) is 6.48. The Morgan fingerprint density at radius 2 is 1.67 bits per heavy atom. The predicted molar refractivity (Wildman–Crippen MR) is 92.9 cm³/mol. The summed E-state index contributed by atoms with van der Waals surface area (Å²) >= 11 is 0. The fraction of sp³-hybridized carbons (Fsp3) is 0.737. The van der Waals surface area contributed by atoms with E-state index in [9.17, 15) is 5.11 Å². The maximum Gasteiger partial charge on any atom is 0.118 e. The molecule has 0 saturated heterocycles. The van der Waals surface area contributed by atoms with Crippen molar-refractivity contribution < 1.29 is 5.11 Å². The van der Waals surface area contributed by atoms with Gasteiger partial charge in [0.05, 0.1) is 5.71 Å². The maximum atomic E-state index is 10.8. The summed E-state index contributed by atoms with van der Waals surface area (Å²) in [4.78, 5) is 4.73. The summed E-state index contributed by atoms with van der Waals surface area (Å²) in [6, 6.07) is 0. The number of aliphatic hydroxyl groups excluding tert-OH is 1. The van der Waals surface area contributed by atoms with Crippen molar-refractivity contribution in [3.8, 4) is 0 Å². The van der Waals surface area contributed by atoms with E-state index < -0.39 is 6.10 Å². The van der Waals surface area contributed by atoms with Crippen molar-refractivity contribution in [3.63, 3.8) is 0 Å². The van der Waals surface area contributed by atoms with Gasteiger partial charge < -0.3 is 5.11 Å². The molecule has 1 N–H and O–H groups in total. The van der Waals surface area contributed by atoms with E-state index in [1.54, 1.807) is 0 Å². The van der Waals surface area contributed by atoms with Gasteiger partial charge in [-0.1, -0.05) is 61.0 Å². The van der Waals surface area contributed by atoms with Gasteiger partial charge in [0.15, 0.2) is 0 Å². The van der Waals surface area contributed by atoms with Crippen LogP contribution in [0.4, 0.5) is 0 Å². The molecule has 120 valence electrons. The molecule has 1 aliphatic rings. The van der Waals surface area contributed by atoms with Crippen LogP contribution in [0.25, 0.3) is 0 Å². The normalized spacial score (nSPS) is 22.8. The molecule has 0 radical (unpaired) electrons. The van der Waals surface area contributed by atoms with E-state index in [0.29, 0.717) is 0 Å². The van der Waals surface area contributed by atoms with Gasteiger partial charge in [-0.2, -0.15) is 0 Å². The third kappa shape index (κ3) is 4.29. The first-order chi connectivity index (χ1) is 9.50. The van der Waals surface area contributed by atoms with Crippen LogP contribution in [0.5, 0.6) is 0 Å². The molecule has 0 aromatic rings. The second-order valence-corrected chi connectivity index (χ2v) is 8.16. The van der Waals surface area contributed by atoms with Crippen molar-refractivity contribution in [2.45, 2.75) is 74.3 Å². The van der Waals surface area contributed by atoms with E-state index >= 15 is 0 Å². The van der Waals surface area contributed by atoms with Gasteiger partial charge in [0.1, 0.15) is 6.10 Å². The number of nitrogens with zero attached hydrogens (tertiary/aromatic N) is 1. The van der Waals surface area contributed by atoms with E-state index in [-0.39, 0.29) is 10.8 Å². The highest BCUT2D eigenvalue weighted by molar-refractivity contribution is 6.07. The maximum absolute atomic E-state index is 10.8. The van der Waals surface area contributed by atoms with Gasteiger partial charge in [-0.15, -0.1) is 0 Å². The van der Waals surface area contributed by atoms with E-state index in [0.717, 1.165) is 36.2 Å². The Kier molecular flexibility index (Phi) is 5.60. The molecule has 2 heteroatoms. The first kappa shape index (κ1) is 18.2. The van der Waals surface area contributed by atoms with Crippen LogP contribution in [0.3, 0.4) is 0 Å². The Morgan fingerprint density at radius 3 is 2.10 bits per heavy atom. The number of aliphatic hydroxyl groups is 1. The number of aliphatic imine (C=N–C) groups is 1. The molecule has 0 fully saturated rings. The molecule has 0 spiro atoms. The van der Waals surface area contributed by atoms with Crippen molar-refractivity contribution >= 4 is 5.71 Å². The molecule has 0 amide bonds. The lowest BCUT2D eigenvalue weighted by Gasteiger charge is -2.36. The van der Waals surface area contributed by atoms with Crippen LogP contribution >= 0.6 is 0 Å². The molecule has 0 aromatic carbocycles. The Hall–Kier alpha value is -0.890. The zero-order valence-corrected chi connectivity index (χ0v) is 15.2. The molecule has 0 saturated carbocycles. The minimum atomic E-state index is -0.562. The molecule has 1 aliphatic carbocycles. The van der Waals surface area contributed by atoms with Crippen LogP contribution in [-0.4, -0.2) is 23.5 Å². The molecule has 1 unspecified atom stereocenters. The average Bonchev–Trinajstić information content (AvgIpc) is 2.30. The zero-order chi connectivity index (χ0) is 16.4. The molecular formula is C19H33NO. The van der Waals surface area contributed by atoms with Gasteiger partial charge in [0.25, 0.3) is 0 Å². The van der Waals surface area contributed by atoms with Crippen LogP contribution in [0, 0.1) is 10.8 Å². The second-order valence-electron chi connectivity index (χ2n) is 8.16. The molecule has 21 heavy (non-hydrogen) atoms. The van der Waals surface area contributed by atoms with Crippen molar-refractivity contribution in [3.05, 3.63) is 22.8 Å². The Morgan fingerprint density at radius 1 is 1.10 bits per heavy atom. The molecule has 0 heterocycles. The third-order valence-electron chi connectivity index (χ3n) is 4.11. The fourth-order valence-corrected chi connectivity index (χ4v) is 2.80. The van der Waals surface area contributed by atoms with E-state index in [1.807, 2.05) is 0 Å². The van der Waals surface area contributed by atoms with Crippen LogP contribution < -0.4 is 0 Å². The van der Waals surface area contributed by atoms with Gasteiger partial charge in [0.2, 0.25) is 0 Å². The van der Waals surface area contributed by atoms with Crippen LogP contribution in [0.15, 0.2) is 27.8 Å². The van der Waals surface area contributed by atoms with Crippen molar-refractivity contribution in [1.29, 1.82) is 0 Å². The van der Waals surface area contributed by atoms with E-state index in [2.05, 4.69) is 61.5 Å². The smallest absolute Gasteiger partial charge is 0.118 e. The lowest BCUT2D eigenvalue weighted by atomic mass is 9.71. The quantitative estimate of drug-likeness (QED) is 0.734. The minimum Gasteiger partial charge on any atom is -0.382 e. The van der Waals surface area contributed by atoms with E-state index in [4.69, 9.17) is 4.99 Å². The summed E-state index contributed by atoms with van der Waals surface area (Å²) in [6.07, 6.45) is 3.85. The highest BCUT2D eigenvalue weighted by Gasteiger charge is 2.35.